The number of pyridine rings is 1. The number of aliphatic hydroxyl groups is 3. The number of Topliss-reactive ketones (excluding diaryl/α,β-unsaturated/α-hetero) is 1. The highest BCUT2D eigenvalue weighted by atomic mass is 19.4. The van der Waals surface area contributed by atoms with Crippen molar-refractivity contribution in [1.29, 1.82) is 0 Å². The molecule has 1 aromatic rings. The fourth-order valence-electron chi connectivity index (χ4n) is 0.937. The third kappa shape index (κ3) is 4.28. The molecule has 0 aliphatic rings. The Hall–Kier alpha value is -1.71. The summed E-state index contributed by atoms with van der Waals surface area (Å²) >= 11 is 0. The minimum Gasteiger partial charge on any atom is -0.483 e. The lowest BCUT2D eigenvalue weighted by molar-refractivity contribution is -0.267. The molecular formula is C9H8F3NO5. The van der Waals surface area contributed by atoms with Gasteiger partial charge in [-0.1, -0.05) is 0 Å². The molecule has 0 unspecified atom stereocenters. The predicted molar refractivity (Wildman–Crippen MR) is 49.5 cm³/mol. The van der Waals surface area contributed by atoms with Crippen molar-refractivity contribution in [3.63, 3.8) is 0 Å². The summed E-state index contributed by atoms with van der Waals surface area (Å²) < 4.78 is 39.7. The monoisotopic (exact) mass is 267 g/mol. The molecule has 1 aromatic heterocycles. The maximum atomic E-state index is 11.8. The smallest absolute Gasteiger partial charge is 0.422 e. The molecular weight excluding hydrogens is 259 g/mol. The van der Waals surface area contributed by atoms with Gasteiger partial charge in [-0.05, 0) is 12.1 Å². The molecule has 0 aliphatic heterocycles. The van der Waals surface area contributed by atoms with E-state index in [9.17, 15) is 18.0 Å². The second-order valence-corrected chi connectivity index (χ2v) is 3.25. The first-order valence-corrected chi connectivity index (χ1v) is 4.47. The van der Waals surface area contributed by atoms with Crippen LogP contribution in [0.15, 0.2) is 18.3 Å². The lowest BCUT2D eigenvalue weighted by Gasteiger charge is -2.12. The van der Waals surface area contributed by atoms with Crippen LogP contribution in [-0.2, 0) is 0 Å². The Morgan fingerprint density at radius 1 is 1.28 bits per heavy atom. The van der Waals surface area contributed by atoms with Crippen LogP contribution in [-0.4, -0.2) is 44.8 Å². The molecule has 0 amide bonds. The molecule has 18 heavy (non-hydrogen) atoms. The van der Waals surface area contributed by atoms with Gasteiger partial charge < -0.3 is 20.1 Å². The van der Waals surface area contributed by atoms with Gasteiger partial charge in [-0.25, -0.2) is 4.98 Å². The molecule has 0 fully saturated rings. The Morgan fingerprint density at radius 2 is 1.89 bits per heavy atom. The van der Waals surface area contributed by atoms with Crippen molar-refractivity contribution < 1.29 is 38.0 Å². The van der Waals surface area contributed by atoms with Gasteiger partial charge in [-0.3, -0.25) is 4.79 Å². The van der Waals surface area contributed by atoms with Gasteiger partial charge in [-0.15, -0.1) is 0 Å². The van der Waals surface area contributed by atoms with Crippen LogP contribution in [0.2, 0.25) is 0 Å². The zero-order chi connectivity index (χ0) is 14.0. The molecule has 100 valence electrons. The van der Waals surface area contributed by atoms with E-state index in [1.807, 2.05) is 0 Å². The Balaban J connectivity index is 2.72. The number of nitrogens with zero attached hydrogens (tertiary/aromatic N) is 1. The summed E-state index contributed by atoms with van der Waals surface area (Å²) in [6, 6.07) is 1.85. The zero-order valence-corrected chi connectivity index (χ0v) is 8.68. The van der Waals surface area contributed by atoms with Crippen LogP contribution in [0.25, 0.3) is 0 Å². The second kappa shape index (κ2) is 4.88. The molecule has 3 N–H and O–H groups in total. The molecule has 0 aromatic carbocycles. The van der Waals surface area contributed by atoms with Gasteiger partial charge in [-0.2, -0.15) is 13.2 Å². The fraction of sp³-hybridized carbons (Fsp3) is 0.333. The topological polar surface area (TPSA) is 99.9 Å². The largest absolute Gasteiger partial charge is 0.483 e. The molecule has 0 radical (unpaired) electrons. The van der Waals surface area contributed by atoms with E-state index in [4.69, 9.17) is 15.3 Å². The highest BCUT2D eigenvalue weighted by Gasteiger charge is 2.32. The average Bonchev–Trinajstić information content (AvgIpc) is 2.24. The summed E-state index contributed by atoms with van der Waals surface area (Å²) in [6.07, 6.45) is -3.73. The van der Waals surface area contributed by atoms with Crippen LogP contribution in [0.1, 0.15) is 10.5 Å². The summed E-state index contributed by atoms with van der Waals surface area (Å²) in [7, 11) is 0. The molecule has 1 heterocycles. The average molecular weight is 267 g/mol. The van der Waals surface area contributed by atoms with Gasteiger partial charge in [0.25, 0.3) is 5.78 Å². The maximum Gasteiger partial charge on any atom is 0.422 e. The predicted octanol–water partition coefficient (Wildman–Crippen LogP) is -0.164. The van der Waals surface area contributed by atoms with Gasteiger partial charge in [0.2, 0.25) is 0 Å². The number of ether oxygens (including phenoxy) is 1. The minimum absolute atomic E-state index is 0.261. The van der Waals surface area contributed by atoms with E-state index in [0.29, 0.717) is 0 Å². The third-order valence-electron chi connectivity index (χ3n) is 1.68. The summed E-state index contributed by atoms with van der Waals surface area (Å²) in [5, 5.41) is 25.7. The molecule has 0 spiro atoms. The summed E-state index contributed by atoms with van der Waals surface area (Å²) in [5.41, 5.74) is -0.540. The molecule has 0 atom stereocenters. The highest BCUT2D eigenvalue weighted by molar-refractivity contribution is 5.98. The van der Waals surface area contributed by atoms with E-state index < -0.39 is 30.2 Å². The lowest BCUT2D eigenvalue weighted by Crippen LogP contribution is -2.38. The van der Waals surface area contributed by atoms with Gasteiger partial charge in [0.05, 0.1) is 6.20 Å². The van der Waals surface area contributed by atoms with E-state index in [1.165, 1.54) is 0 Å². The summed E-state index contributed by atoms with van der Waals surface area (Å²) in [5.74, 6) is -5.35. The van der Waals surface area contributed by atoms with Crippen molar-refractivity contribution in [2.45, 2.75) is 12.1 Å². The van der Waals surface area contributed by atoms with Crippen LogP contribution in [0.3, 0.4) is 0 Å². The van der Waals surface area contributed by atoms with Crippen molar-refractivity contribution >= 4 is 5.78 Å². The summed E-state index contributed by atoms with van der Waals surface area (Å²) in [4.78, 5) is 14.4. The van der Waals surface area contributed by atoms with Gasteiger partial charge in [0.1, 0.15) is 11.4 Å². The molecule has 0 aliphatic carbocycles. The van der Waals surface area contributed by atoms with Crippen molar-refractivity contribution in [1.82, 2.24) is 4.98 Å². The van der Waals surface area contributed by atoms with Gasteiger partial charge in [0, 0.05) is 0 Å². The first-order valence-electron chi connectivity index (χ1n) is 4.47. The van der Waals surface area contributed by atoms with E-state index >= 15 is 0 Å². The Kier molecular flexibility index (Phi) is 3.89. The van der Waals surface area contributed by atoms with Gasteiger partial charge in [0.15, 0.2) is 6.61 Å². The number of ketones is 1. The van der Waals surface area contributed by atoms with Crippen LogP contribution in [0.5, 0.6) is 5.75 Å². The molecule has 6 nitrogen and oxygen atoms in total. The zero-order valence-electron chi connectivity index (χ0n) is 8.68. The molecule has 0 saturated carbocycles. The van der Waals surface area contributed by atoms with Gasteiger partial charge >= 0.3 is 12.1 Å². The number of alkyl halides is 3. The van der Waals surface area contributed by atoms with E-state index in [1.54, 1.807) is 0 Å². The molecule has 0 bridgehead atoms. The highest BCUT2D eigenvalue weighted by Crippen LogP contribution is 2.18. The normalized spacial score (nSPS) is 12.3. The van der Waals surface area contributed by atoms with E-state index in [-0.39, 0.29) is 5.75 Å². The Labute approximate surface area is 98.3 Å². The number of hydrogen-bond acceptors (Lipinski definition) is 6. The van der Waals surface area contributed by atoms with E-state index in [0.717, 1.165) is 18.3 Å². The lowest BCUT2D eigenvalue weighted by atomic mass is 10.2. The van der Waals surface area contributed by atoms with Crippen molar-refractivity contribution in [2.24, 2.45) is 0 Å². The number of carbonyl (C=O) groups is 1. The van der Waals surface area contributed by atoms with Crippen LogP contribution in [0, 0.1) is 0 Å². The maximum absolute atomic E-state index is 11.8. The quantitative estimate of drug-likeness (QED) is 0.517. The first-order chi connectivity index (χ1) is 8.09. The van der Waals surface area contributed by atoms with Crippen LogP contribution >= 0.6 is 0 Å². The van der Waals surface area contributed by atoms with Crippen molar-refractivity contribution in [3.05, 3.63) is 24.0 Å². The van der Waals surface area contributed by atoms with Crippen LogP contribution < -0.4 is 4.74 Å². The number of halogens is 3. The molecule has 0 saturated heterocycles. The third-order valence-corrected chi connectivity index (χ3v) is 1.68. The number of carbonyl (C=O) groups excluding carboxylic acids is 1. The Bertz CT molecular complexity index is 423. The number of rotatable bonds is 4. The number of aromatic nitrogens is 1. The number of hydrogen-bond donors (Lipinski definition) is 3. The first kappa shape index (κ1) is 14.4. The Morgan fingerprint density at radius 3 is 2.28 bits per heavy atom. The van der Waals surface area contributed by atoms with E-state index in [2.05, 4.69) is 9.72 Å². The fourth-order valence-corrected chi connectivity index (χ4v) is 0.937. The molecule has 9 heteroatoms. The summed E-state index contributed by atoms with van der Waals surface area (Å²) in [6.45, 7) is -1.52. The van der Waals surface area contributed by atoms with Crippen molar-refractivity contribution in [2.75, 3.05) is 6.61 Å². The second-order valence-electron chi connectivity index (χ2n) is 3.25. The molecule has 1 rings (SSSR count). The van der Waals surface area contributed by atoms with Crippen molar-refractivity contribution in [3.8, 4) is 5.75 Å². The SMILES string of the molecule is O=C(c1ccc(OCC(F)(F)F)cn1)C(O)(O)O. The standard InChI is InChI=1S/C9H8F3NO5/c10-8(11,12)4-18-5-1-2-6(13-3-5)7(14)9(15,16)17/h1-3,15-17H,4H2. The minimum atomic E-state index is -4.51. The van der Waals surface area contributed by atoms with Crippen LogP contribution in [0.4, 0.5) is 13.2 Å².